The maximum Gasteiger partial charge on any atom is 0.243 e. The Morgan fingerprint density at radius 2 is 1.67 bits per heavy atom. The normalized spacial score (nSPS) is 12.6. The SMILES string of the molecule is CC(C)CN(CC(C)C)S(=O)(=O)c1cc(F)ccc1CCl. The van der Waals surface area contributed by atoms with Crippen molar-refractivity contribution in [1.82, 2.24) is 4.31 Å². The molecule has 1 aromatic rings. The molecule has 21 heavy (non-hydrogen) atoms. The number of nitrogens with zero attached hydrogens (tertiary/aromatic N) is 1. The monoisotopic (exact) mass is 335 g/mol. The molecule has 0 amide bonds. The Labute approximate surface area is 132 Å². The van der Waals surface area contributed by atoms with Crippen molar-refractivity contribution >= 4 is 21.6 Å². The Kier molecular flexibility index (Phi) is 6.63. The van der Waals surface area contributed by atoms with Gasteiger partial charge in [-0.15, -0.1) is 11.6 Å². The third-order valence-electron chi connectivity index (χ3n) is 2.93. The first-order valence-corrected chi connectivity index (χ1v) is 9.00. The number of alkyl halides is 1. The maximum atomic E-state index is 13.5. The lowest BCUT2D eigenvalue weighted by Gasteiger charge is -2.26. The van der Waals surface area contributed by atoms with Crippen LogP contribution in [0.4, 0.5) is 4.39 Å². The van der Waals surface area contributed by atoms with Gasteiger partial charge in [-0.2, -0.15) is 4.31 Å². The molecule has 120 valence electrons. The van der Waals surface area contributed by atoms with Crippen LogP contribution in [0.25, 0.3) is 0 Å². The van der Waals surface area contributed by atoms with E-state index >= 15 is 0 Å². The van der Waals surface area contributed by atoms with E-state index in [0.29, 0.717) is 18.7 Å². The molecule has 0 aliphatic carbocycles. The molecule has 1 rings (SSSR count). The molecule has 0 atom stereocenters. The Morgan fingerprint density at radius 3 is 2.10 bits per heavy atom. The largest absolute Gasteiger partial charge is 0.243 e. The second-order valence-corrected chi connectivity index (χ2v) is 8.17. The molecule has 0 saturated heterocycles. The Morgan fingerprint density at radius 1 is 1.14 bits per heavy atom. The number of halogens is 2. The third-order valence-corrected chi connectivity index (χ3v) is 5.13. The minimum absolute atomic E-state index is 0.0289. The van der Waals surface area contributed by atoms with E-state index in [1.807, 2.05) is 27.7 Å². The molecule has 0 saturated carbocycles. The first kappa shape index (κ1) is 18.4. The Hall–Kier alpha value is -0.650. The summed E-state index contributed by atoms with van der Waals surface area (Å²) in [6, 6.07) is 3.71. The average molecular weight is 336 g/mol. The van der Waals surface area contributed by atoms with Crippen LogP contribution in [-0.4, -0.2) is 25.8 Å². The Balaban J connectivity index is 3.30. The van der Waals surface area contributed by atoms with Crippen LogP contribution in [0.5, 0.6) is 0 Å². The van der Waals surface area contributed by atoms with E-state index in [2.05, 4.69) is 0 Å². The van der Waals surface area contributed by atoms with Gasteiger partial charge in [0.2, 0.25) is 10.0 Å². The smallest absolute Gasteiger partial charge is 0.207 e. The molecule has 1 aromatic carbocycles. The predicted molar refractivity (Wildman–Crippen MR) is 84.4 cm³/mol. The molecule has 0 radical (unpaired) electrons. The van der Waals surface area contributed by atoms with E-state index in [-0.39, 0.29) is 22.6 Å². The first-order valence-electron chi connectivity index (χ1n) is 7.03. The molecule has 6 heteroatoms. The van der Waals surface area contributed by atoms with Crippen LogP contribution < -0.4 is 0 Å². The molecular weight excluding hydrogens is 313 g/mol. The minimum Gasteiger partial charge on any atom is -0.207 e. The molecule has 0 bridgehead atoms. The summed E-state index contributed by atoms with van der Waals surface area (Å²) in [5.74, 6) is -0.166. The van der Waals surface area contributed by atoms with Crippen LogP contribution >= 0.6 is 11.6 Å². The van der Waals surface area contributed by atoms with Crippen molar-refractivity contribution in [1.29, 1.82) is 0 Å². The van der Waals surface area contributed by atoms with Crippen LogP contribution in [0, 0.1) is 17.7 Å². The zero-order valence-electron chi connectivity index (χ0n) is 12.9. The summed E-state index contributed by atoms with van der Waals surface area (Å²) in [5.41, 5.74) is 0.426. The molecule has 0 heterocycles. The van der Waals surface area contributed by atoms with Crippen LogP contribution in [0.15, 0.2) is 23.1 Å². The van der Waals surface area contributed by atoms with E-state index in [0.717, 1.165) is 6.07 Å². The highest BCUT2D eigenvalue weighted by atomic mass is 35.5. The molecular formula is C15H23ClFNO2S. The van der Waals surface area contributed by atoms with Crippen molar-refractivity contribution in [2.24, 2.45) is 11.8 Å². The van der Waals surface area contributed by atoms with Gasteiger partial charge in [-0.05, 0) is 29.5 Å². The standard InChI is InChI=1S/C15H23ClFNO2S/c1-11(2)9-18(10-12(3)4)21(19,20)15-7-14(17)6-5-13(15)8-16/h5-7,11-12H,8-10H2,1-4H3. The van der Waals surface area contributed by atoms with Gasteiger partial charge in [0.05, 0.1) is 4.90 Å². The van der Waals surface area contributed by atoms with Gasteiger partial charge in [-0.1, -0.05) is 33.8 Å². The Bertz CT molecular complexity index is 563. The number of hydrogen-bond donors (Lipinski definition) is 0. The fraction of sp³-hybridized carbons (Fsp3) is 0.600. The predicted octanol–water partition coefficient (Wildman–Crippen LogP) is 3.87. The summed E-state index contributed by atoms with van der Waals surface area (Å²) < 4.78 is 40.6. The second-order valence-electron chi connectivity index (χ2n) is 6.00. The molecule has 0 fully saturated rings. The number of hydrogen-bond acceptors (Lipinski definition) is 2. The highest BCUT2D eigenvalue weighted by Gasteiger charge is 2.28. The summed E-state index contributed by atoms with van der Waals surface area (Å²) in [4.78, 5) is -0.0289. The lowest BCUT2D eigenvalue weighted by molar-refractivity contribution is 0.333. The van der Waals surface area contributed by atoms with E-state index in [4.69, 9.17) is 11.6 Å². The molecule has 0 aliphatic heterocycles. The summed E-state index contributed by atoms with van der Waals surface area (Å²) >= 11 is 5.80. The van der Waals surface area contributed by atoms with E-state index < -0.39 is 15.8 Å². The van der Waals surface area contributed by atoms with E-state index in [1.165, 1.54) is 16.4 Å². The first-order chi connectivity index (χ1) is 9.68. The minimum atomic E-state index is -3.75. The van der Waals surface area contributed by atoms with Crippen molar-refractivity contribution < 1.29 is 12.8 Å². The van der Waals surface area contributed by atoms with Gasteiger partial charge >= 0.3 is 0 Å². The van der Waals surface area contributed by atoms with E-state index in [1.54, 1.807) is 0 Å². The molecule has 0 spiro atoms. The quantitative estimate of drug-likeness (QED) is 0.709. The molecule has 0 aliphatic rings. The molecule has 0 aromatic heterocycles. The van der Waals surface area contributed by atoms with Crippen molar-refractivity contribution in [3.05, 3.63) is 29.6 Å². The van der Waals surface area contributed by atoms with Gasteiger partial charge in [0.1, 0.15) is 5.82 Å². The van der Waals surface area contributed by atoms with Crippen molar-refractivity contribution in [2.75, 3.05) is 13.1 Å². The highest BCUT2D eigenvalue weighted by Crippen LogP contribution is 2.24. The van der Waals surface area contributed by atoms with Crippen LogP contribution in [-0.2, 0) is 15.9 Å². The molecule has 0 N–H and O–H groups in total. The van der Waals surface area contributed by atoms with Gasteiger partial charge in [0.25, 0.3) is 0 Å². The van der Waals surface area contributed by atoms with Crippen LogP contribution in [0.2, 0.25) is 0 Å². The summed E-state index contributed by atoms with van der Waals surface area (Å²) in [6.45, 7) is 8.62. The number of rotatable bonds is 7. The highest BCUT2D eigenvalue weighted by molar-refractivity contribution is 7.89. The van der Waals surface area contributed by atoms with Crippen molar-refractivity contribution in [3.8, 4) is 0 Å². The van der Waals surface area contributed by atoms with Crippen molar-refractivity contribution in [3.63, 3.8) is 0 Å². The molecule has 0 unspecified atom stereocenters. The summed E-state index contributed by atoms with van der Waals surface area (Å²) in [7, 11) is -3.75. The van der Waals surface area contributed by atoms with Gasteiger partial charge in [-0.3, -0.25) is 0 Å². The zero-order chi connectivity index (χ0) is 16.2. The topological polar surface area (TPSA) is 37.4 Å². The second kappa shape index (κ2) is 7.56. The maximum absolute atomic E-state index is 13.5. The lowest BCUT2D eigenvalue weighted by atomic mass is 10.2. The fourth-order valence-corrected chi connectivity index (χ4v) is 4.42. The van der Waals surface area contributed by atoms with E-state index in [9.17, 15) is 12.8 Å². The number of benzene rings is 1. The van der Waals surface area contributed by atoms with Gasteiger partial charge in [-0.25, -0.2) is 12.8 Å². The third kappa shape index (κ3) is 4.94. The molecule has 3 nitrogen and oxygen atoms in total. The van der Waals surface area contributed by atoms with Gasteiger partial charge in [0, 0.05) is 19.0 Å². The van der Waals surface area contributed by atoms with Crippen LogP contribution in [0.3, 0.4) is 0 Å². The average Bonchev–Trinajstić information content (AvgIpc) is 2.36. The van der Waals surface area contributed by atoms with Gasteiger partial charge < -0.3 is 0 Å². The van der Waals surface area contributed by atoms with Gasteiger partial charge in [0.15, 0.2) is 0 Å². The lowest BCUT2D eigenvalue weighted by Crippen LogP contribution is -2.37. The zero-order valence-corrected chi connectivity index (χ0v) is 14.5. The summed E-state index contributed by atoms with van der Waals surface area (Å²) in [6.07, 6.45) is 0. The van der Waals surface area contributed by atoms with Crippen LogP contribution in [0.1, 0.15) is 33.3 Å². The van der Waals surface area contributed by atoms with Crippen molar-refractivity contribution in [2.45, 2.75) is 38.5 Å². The summed E-state index contributed by atoms with van der Waals surface area (Å²) in [5, 5.41) is 0. The number of sulfonamides is 1. The fourth-order valence-electron chi connectivity index (χ4n) is 2.10.